The number of hydrogen-bond acceptors (Lipinski definition) is 6. The topological polar surface area (TPSA) is 105 Å². The minimum atomic E-state index is -4.17. The van der Waals surface area contributed by atoms with Crippen molar-refractivity contribution in [1.29, 1.82) is 0 Å². The van der Waals surface area contributed by atoms with Crippen molar-refractivity contribution < 1.29 is 27.5 Å². The standard InChI is InChI=1S/C33H35N3O6S/c1-34-33(38)31(22-25-11-6-4-7-12-25)35(23-26-13-10-14-29(21-26)42-3)32(37)24-36(27-17-19-28(41-2)20-18-27)43(39,40)30-15-8-5-9-16-30/h4-21,31H,22-24H2,1-3H3,(H,34,38)/t31-/m1/s1. The van der Waals surface area contributed by atoms with Crippen LogP contribution in [-0.2, 0) is 32.6 Å². The summed E-state index contributed by atoms with van der Waals surface area (Å²) in [5.41, 5.74) is 1.85. The number of carbonyl (C=O) groups excluding carboxylic acids is 2. The van der Waals surface area contributed by atoms with Crippen molar-refractivity contribution >= 4 is 27.5 Å². The van der Waals surface area contributed by atoms with Crippen LogP contribution in [0, 0.1) is 0 Å². The second-order valence-electron chi connectivity index (χ2n) is 9.72. The van der Waals surface area contributed by atoms with Gasteiger partial charge < -0.3 is 19.7 Å². The maximum Gasteiger partial charge on any atom is 0.264 e. The van der Waals surface area contributed by atoms with E-state index in [4.69, 9.17) is 9.47 Å². The van der Waals surface area contributed by atoms with Crippen molar-refractivity contribution in [1.82, 2.24) is 10.2 Å². The molecule has 0 aromatic heterocycles. The van der Waals surface area contributed by atoms with Crippen LogP contribution in [0.3, 0.4) is 0 Å². The second kappa shape index (κ2) is 14.4. The van der Waals surface area contributed by atoms with Gasteiger partial charge in [0.05, 0.1) is 24.8 Å². The number of amides is 2. The van der Waals surface area contributed by atoms with E-state index in [2.05, 4.69) is 5.32 Å². The fourth-order valence-corrected chi connectivity index (χ4v) is 6.12. The van der Waals surface area contributed by atoms with Gasteiger partial charge in [0.15, 0.2) is 0 Å². The summed E-state index contributed by atoms with van der Waals surface area (Å²) in [7, 11) is 0.401. The lowest BCUT2D eigenvalue weighted by Crippen LogP contribution is -2.53. The Labute approximate surface area is 252 Å². The van der Waals surface area contributed by atoms with E-state index in [1.807, 2.05) is 36.4 Å². The average Bonchev–Trinajstić information content (AvgIpc) is 3.05. The number of sulfonamides is 1. The summed E-state index contributed by atoms with van der Waals surface area (Å²) in [6.45, 7) is -0.501. The predicted octanol–water partition coefficient (Wildman–Crippen LogP) is 4.29. The highest BCUT2D eigenvalue weighted by atomic mass is 32.2. The first kappa shape index (κ1) is 31.1. The fourth-order valence-electron chi connectivity index (χ4n) is 4.68. The van der Waals surface area contributed by atoms with E-state index in [0.717, 1.165) is 15.4 Å². The first-order valence-electron chi connectivity index (χ1n) is 13.7. The Morgan fingerprint density at radius 1 is 0.767 bits per heavy atom. The molecule has 43 heavy (non-hydrogen) atoms. The smallest absolute Gasteiger partial charge is 0.264 e. The minimum Gasteiger partial charge on any atom is -0.497 e. The molecular weight excluding hydrogens is 566 g/mol. The third-order valence-corrected chi connectivity index (χ3v) is 8.76. The van der Waals surface area contributed by atoms with Crippen molar-refractivity contribution in [3.8, 4) is 11.5 Å². The zero-order chi connectivity index (χ0) is 30.8. The van der Waals surface area contributed by atoms with Gasteiger partial charge in [-0.05, 0) is 59.7 Å². The molecule has 9 nitrogen and oxygen atoms in total. The van der Waals surface area contributed by atoms with Crippen molar-refractivity contribution in [2.75, 3.05) is 32.1 Å². The second-order valence-corrected chi connectivity index (χ2v) is 11.6. The minimum absolute atomic E-state index is 0.0325. The van der Waals surface area contributed by atoms with Gasteiger partial charge in [-0.25, -0.2) is 8.42 Å². The van der Waals surface area contributed by atoms with Crippen LogP contribution in [0.5, 0.6) is 11.5 Å². The van der Waals surface area contributed by atoms with E-state index in [1.165, 1.54) is 31.2 Å². The van der Waals surface area contributed by atoms with Crippen LogP contribution in [0.2, 0.25) is 0 Å². The summed E-state index contributed by atoms with van der Waals surface area (Å²) in [4.78, 5) is 29.1. The van der Waals surface area contributed by atoms with Crippen molar-refractivity contribution in [3.05, 3.63) is 120 Å². The number of nitrogens with one attached hydrogen (secondary N) is 1. The zero-order valence-electron chi connectivity index (χ0n) is 24.3. The fraction of sp³-hybridized carbons (Fsp3) is 0.212. The molecule has 0 aliphatic heterocycles. The number of ether oxygens (including phenoxy) is 2. The summed E-state index contributed by atoms with van der Waals surface area (Å²) in [6, 6.07) is 30.0. The van der Waals surface area contributed by atoms with Crippen LogP contribution in [0.4, 0.5) is 5.69 Å². The van der Waals surface area contributed by atoms with E-state index < -0.39 is 28.5 Å². The summed E-state index contributed by atoms with van der Waals surface area (Å²) in [6.07, 6.45) is 0.226. The molecule has 4 aromatic rings. The van der Waals surface area contributed by atoms with Gasteiger partial charge in [-0.3, -0.25) is 13.9 Å². The van der Waals surface area contributed by atoms with Crippen LogP contribution >= 0.6 is 0 Å². The normalized spacial score (nSPS) is 11.7. The molecule has 1 atom stereocenters. The number of benzene rings is 4. The summed E-state index contributed by atoms with van der Waals surface area (Å²) >= 11 is 0. The molecule has 0 aliphatic rings. The molecule has 224 valence electrons. The first-order chi connectivity index (χ1) is 20.8. The van der Waals surface area contributed by atoms with Crippen LogP contribution in [0.1, 0.15) is 11.1 Å². The van der Waals surface area contributed by atoms with Gasteiger partial charge >= 0.3 is 0 Å². The van der Waals surface area contributed by atoms with Crippen molar-refractivity contribution in [3.63, 3.8) is 0 Å². The summed E-state index contributed by atoms with van der Waals surface area (Å²) in [5.74, 6) is 0.204. The average molecular weight is 602 g/mol. The van der Waals surface area contributed by atoms with Crippen molar-refractivity contribution in [2.45, 2.75) is 23.9 Å². The van der Waals surface area contributed by atoms with Gasteiger partial charge in [0.25, 0.3) is 10.0 Å². The molecule has 0 heterocycles. The van der Waals surface area contributed by atoms with Crippen LogP contribution in [0.15, 0.2) is 114 Å². The van der Waals surface area contributed by atoms with Gasteiger partial charge in [0, 0.05) is 20.0 Å². The first-order valence-corrected chi connectivity index (χ1v) is 15.1. The lowest BCUT2D eigenvalue weighted by molar-refractivity contribution is -0.139. The Kier molecular flexibility index (Phi) is 10.4. The molecule has 2 amide bonds. The molecule has 10 heteroatoms. The summed E-state index contributed by atoms with van der Waals surface area (Å²) in [5, 5.41) is 2.68. The van der Waals surface area contributed by atoms with Crippen molar-refractivity contribution in [2.24, 2.45) is 0 Å². The Morgan fingerprint density at radius 3 is 1.98 bits per heavy atom. The molecule has 0 aliphatic carbocycles. The molecular formula is C33H35N3O6S. The van der Waals surface area contributed by atoms with E-state index in [-0.39, 0.29) is 29.5 Å². The predicted molar refractivity (Wildman–Crippen MR) is 166 cm³/mol. The Balaban J connectivity index is 1.78. The lowest BCUT2D eigenvalue weighted by Gasteiger charge is -2.33. The Morgan fingerprint density at radius 2 is 1.37 bits per heavy atom. The number of rotatable bonds is 13. The van der Waals surface area contributed by atoms with E-state index in [0.29, 0.717) is 11.5 Å². The molecule has 0 saturated heterocycles. The number of likely N-dealkylation sites (N-methyl/N-ethyl adjacent to an activating group) is 1. The van der Waals surface area contributed by atoms with Gasteiger partial charge in [-0.2, -0.15) is 0 Å². The zero-order valence-corrected chi connectivity index (χ0v) is 25.2. The third kappa shape index (κ3) is 7.72. The van der Waals surface area contributed by atoms with Gasteiger partial charge in [-0.1, -0.05) is 60.7 Å². The largest absolute Gasteiger partial charge is 0.497 e. The highest BCUT2D eigenvalue weighted by Gasteiger charge is 2.34. The molecule has 0 unspecified atom stereocenters. The van der Waals surface area contributed by atoms with Gasteiger partial charge in [-0.15, -0.1) is 0 Å². The molecule has 1 N–H and O–H groups in total. The summed E-state index contributed by atoms with van der Waals surface area (Å²) < 4.78 is 39.6. The maximum atomic E-state index is 14.3. The number of nitrogens with zero attached hydrogens (tertiary/aromatic N) is 2. The SMILES string of the molecule is CNC(=O)[C@@H](Cc1ccccc1)N(Cc1cccc(OC)c1)C(=O)CN(c1ccc(OC)cc1)S(=O)(=O)c1ccccc1. The molecule has 0 fully saturated rings. The molecule has 0 radical (unpaired) electrons. The lowest BCUT2D eigenvalue weighted by atomic mass is 10.0. The third-order valence-electron chi connectivity index (χ3n) is 6.98. The van der Waals surface area contributed by atoms with E-state index >= 15 is 0 Å². The number of methoxy groups -OCH3 is 2. The highest BCUT2D eigenvalue weighted by molar-refractivity contribution is 7.92. The monoisotopic (exact) mass is 601 g/mol. The maximum absolute atomic E-state index is 14.3. The van der Waals surface area contributed by atoms with Crippen LogP contribution in [0.25, 0.3) is 0 Å². The Hall–Kier alpha value is -4.83. The van der Waals surface area contributed by atoms with Gasteiger partial charge in [0.2, 0.25) is 11.8 Å². The molecule has 4 rings (SSSR count). The Bertz CT molecular complexity index is 1610. The number of anilines is 1. The number of carbonyl (C=O) groups is 2. The molecule has 0 spiro atoms. The van der Waals surface area contributed by atoms with E-state index in [9.17, 15) is 18.0 Å². The highest BCUT2D eigenvalue weighted by Crippen LogP contribution is 2.27. The van der Waals surface area contributed by atoms with Crippen LogP contribution in [-0.4, -0.2) is 59.0 Å². The van der Waals surface area contributed by atoms with E-state index in [1.54, 1.807) is 67.8 Å². The molecule has 0 saturated carbocycles. The van der Waals surface area contributed by atoms with Gasteiger partial charge in [0.1, 0.15) is 24.1 Å². The molecule has 4 aromatic carbocycles. The quantitative estimate of drug-likeness (QED) is 0.245. The number of hydrogen-bond donors (Lipinski definition) is 1. The van der Waals surface area contributed by atoms with Crippen LogP contribution < -0.4 is 19.1 Å². The molecule has 0 bridgehead atoms.